The van der Waals surface area contributed by atoms with Crippen LogP contribution in [-0.4, -0.2) is 35.1 Å². The normalized spacial score (nSPS) is 19.1. The minimum atomic E-state index is -0.116. The summed E-state index contributed by atoms with van der Waals surface area (Å²) in [5.74, 6) is 0.286. The van der Waals surface area contributed by atoms with Crippen LogP contribution in [0.15, 0.2) is 24.4 Å². The fraction of sp³-hybridized carbons (Fsp3) is 0.429. The molecule has 1 N–H and O–H groups in total. The minimum Gasteiger partial charge on any atom is -0.381 e. The summed E-state index contributed by atoms with van der Waals surface area (Å²) in [7, 11) is 0. The Labute approximate surface area is 121 Å². The van der Waals surface area contributed by atoms with Gasteiger partial charge in [0.05, 0.1) is 6.61 Å². The molecule has 0 aromatic carbocycles. The number of nitrogens with zero attached hydrogens (tertiary/aromatic N) is 2. The summed E-state index contributed by atoms with van der Waals surface area (Å²) in [5.41, 5.74) is 1.21. The smallest absolute Gasteiger partial charge is 0.268 e. The van der Waals surface area contributed by atoms with Crippen LogP contribution in [0.4, 0.5) is 0 Å². The van der Waals surface area contributed by atoms with E-state index in [0.717, 1.165) is 26.1 Å². The third-order valence-corrected chi connectivity index (χ3v) is 3.68. The third-order valence-electron chi connectivity index (χ3n) is 3.50. The Morgan fingerprint density at radius 2 is 2.45 bits per heavy atom. The Hall–Kier alpha value is -1.59. The Bertz CT molecular complexity index is 620. The predicted molar refractivity (Wildman–Crippen MR) is 76.1 cm³/mol. The fourth-order valence-corrected chi connectivity index (χ4v) is 2.65. The van der Waals surface area contributed by atoms with Crippen LogP contribution in [0.3, 0.4) is 0 Å². The monoisotopic (exact) mass is 293 g/mol. The number of halogens is 1. The third kappa shape index (κ3) is 2.78. The highest BCUT2D eigenvalue weighted by atomic mass is 35.5. The van der Waals surface area contributed by atoms with Crippen molar-refractivity contribution in [3.8, 4) is 0 Å². The molecule has 1 saturated heterocycles. The van der Waals surface area contributed by atoms with Gasteiger partial charge in [-0.05, 0) is 30.9 Å². The highest BCUT2D eigenvalue weighted by molar-refractivity contribution is 6.29. The van der Waals surface area contributed by atoms with Crippen LogP contribution >= 0.6 is 11.6 Å². The van der Waals surface area contributed by atoms with E-state index in [1.807, 2.05) is 6.07 Å². The van der Waals surface area contributed by atoms with Crippen molar-refractivity contribution in [3.63, 3.8) is 0 Å². The van der Waals surface area contributed by atoms with Crippen molar-refractivity contribution in [2.75, 3.05) is 19.8 Å². The molecule has 2 aromatic heterocycles. The molecule has 20 heavy (non-hydrogen) atoms. The molecule has 1 aliphatic rings. The number of rotatable bonds is 3. The average Bonchev–Trinajstić information content (AvgIpc) is 2.85. The van der Waals surface area contributed by atoms with Gasteiger partial charge in [-0.25, -0.2) is 4.98 Å². The number of imidazole rings is 1. The molecule has 1 unspecified atom stereocenters. The number of hydrogen-bond acceptors (Lipinski definition) is 3. The second-order valence-corrected chi connectivity index (χ2v) is 5.38. The number of fused-ring (bicyclic) bond motifs is 1. The first-order valence-electron chi connectivity index (χ1n) is 6.73. The summed E-state index contributed by atoms with van der Waals surface area (Å²) in [6.07, 6.45) is 3.81. The lowest BCUT2D eigenvalue weighted by molar-refractivity contribution is 0.0535. The van der Waals surface area contributed by atoms with Crippen molar-refractivity contribution in [1.29, 1.82) is 0 Å². The summed E-state index contributed by atoms with van der Waals surface area (Å²) in [4.78, 5) is 16.4. The molecule has 0 radical (unpaired) electrons. The van der Waals surface area contributed by atoms with Crippen molar-refractivity contribution in [2.24, 2.45) is 5.92 Å². The maximum absolute atomic E-state index is 12.3. The summed E-state index contributed by atoms with van der Waals surface area (Å²) >= 11 is 5.88. The van der Waals surface area contributed by atoms with Gasteiger partial charge in [-0.2, -0.15) is 0 Å². The summed E-state index contributed by atoms with van der Waals surface area (Å²) in [6, 6.07) is 5.38. The van der Waals surface area contributed by atoms with Crippen molar-refractivity contribution in [1.82, 2.24) is 14.7 Å². The quantitative estimate of drug-likeness (QED) is 0.943. The molecule has 1 atom stereocenters. The molecule has 5 nitrogen and oxygen atoms in total. The van der Waals surface area contributed by atoms with Crippen molar-refractivity contribution < 1.29 is 9.53 Å². The molecule has 3 rings (SSSR count). The van der Waals surface area contributed by atoms with Gasteiger partial charge in [0.15, 0.2) is 0 Å². The van der Waals surface area contributed by atoms with E-state index >= 15 is 0 Å². The summed E-state index contributed by atoms with van der Waals surface area (Å²) in [5, 5.41) is 3.34. The summed E-state index contributed by atoms with van der Waals surface area (Å²) < 4.78 is 7.11. The van der Waals surface area contributed by atoms with Gasteiger partial charge in [0, 0.05) is 19.3 Å². The van der Waals surface area contributed by atoms with Gasteiger partial charge in [-0.15, -0.1) is 0 Å². The lowest BCUT2D eigenvalue weighted by atomic mass is 10.0. The van der Waals surface area contributed by atoms with E-state index in [4.69, 9.17) is 16.3 Å². The first kappa shape index (κ1) is 13.4. The Morgan fingerprint density at radius 3 is 3.25 bits per heavy atom. The zero-order chi connectivity index (χ0) is 13.9. The van der Waals surface area contributed by atoms with E-state index in [9.17, 15) is 4.79 Å². The van der Waals surface area contributed by atoms with E-state index in [0.29, 0.717) is 29.0 Å². The molecule has 1 amide bonds. The molecule has 106 valence electrons. The number of hydrogen-bond donors (Lipinski definition) is 1. The van der Waals surface area contributed by atoms with E-state index in [-0.39, 0.29) is 5.91 Å². The van der Waals surface area contributed by atoms with Crippen molar-refractivity contribution in [2.45, 2.75) is 12.8 Å². The molecule has 3 heterocycles. The molecule has 2 aromatic rings. The number of nitrogens with one attached hydrogen (secondary N) is 1. The second kappa shape index (κ2) is 5.81. The first-order chi connectivity index (χ1) is 9.74. The van der Waals surface area contributed by atoms with Crippen LogP contribution < -0.4 is 5.32 Å². The molecule has 1 aliphatic heterocycles. The Morgan fingerprint density at radius 1 is 1.55 bits per heavy atom. The molecule has 0 saturated carbocycles. The van der Waals surface area contributed by atoms with Crippen LogP contribution in [0.5, 0.6) is 0 Å². The van der Waals surface area contributed by atoms with Crippen LogP contribution in [0.25, 0.3) is 5.65 Å². The van der Waals surface area contributed by atoms with Gasteiger partial charge in [-0.3, -0.25) is 9.20 Å². The average molecular weight is 294 g/mol. The molecule has 0 aliphatic carbocycles. The molecule has 0 bridgehead atoms. The minimum absolute atomic E-state index is 0.116. The van der Waals surface area contributed by atoms with Gasteiger partial charge in [0.1, 0.15) is 16.5 Å². The molecule has 0 spiro atoms. The van der Waals surface area contributed by atoms with E-state index in [1.165, 1.54) is 0 Å². The molecule has 1 fully saturated rings. The highest BCUT2D eigenvalue weighted by Gasteiger charge is 2.16. The second-order valence-electron chi connectivity index (χ2n) is 5.00. The van der Waals surface area contributed by atoms with Gasteiger partial charge in [0.2, 0.25) is 0 Å². The zero-order valence-corrected chi connectivity index (χ0v) is 11.8. The molecular formula is C14H16ClN3O2. The van der Waals surface area contributed by atoms with Crippen LogP contribution in [0.1, 0.15) is 23.3 Å². The van der Waals surface area contributed by atoms with Gasteiger partial charge < -0.3 is 10.1 Å². The molecule has 6 heteroatoms. The molecular weight excluding hydrogens is 278 g/mol. The maximum atomic E-state index is 12.3. The topological polar surface area (TPSA) is 55.6 Å². The predicted octanol–water partition coefficient (Wildman–Crippen LogP) is 2.14. The van der Waals surface area contributed by atoms with E-state index < -0.39 is 0 Å². The first-order valence-corrected chi connectivity index (χ1v) is 7.11. The van der Waals surface area contributed by atoms with E-state index in [1.54, 1.807) is 22.7 Å². The van der Waals surface area contributed by atoms with Crippen LogP contribution in [0, 0.1) is 5.92 Å². The SMILES string of the molecule is O=C(NCC1CCCOC1)c1cccc2nc(Cl)cn12. The standard InChI is InChI=1S/C14H16ClN3O2/c15-12-8-18-11(4-1-5-13(18)17-12)14(19)16-7-10-3-2-6-20-9-10/h1,4-5,8,10H,2-3,6-7,9H2,(H,16,19). The number of pyridine rings is 1. The number of carbonyl (C=O) groups is 1. The van der Waals surface area contributed by atoms with Gasteiger partial charge in [0.25, 0.3) is 5.91 Å². The van der Waals surface area contributed by atoms with Gasteiger partial charge in [-0.1, -0.05) is 17.7 Å². The Kier molecular flexibility index (Phi) is 3.89. The lowest BCUT2D eigenvalue weighted by Gasteiger charge is -2.22. The van der Waals surface area contributed by atoms with Crippen LogP contribution in [0.2, 0.25) is 5.15 Å². The lowest BCUT2D eigenvalue weighted by Crippen LogP contribution is -2.34. The number of aromatic nitrogens is 2. The largest absolute Gasteiger partial charge is 0.381 e. The van der Waals surface area contributed by atoms with Gasteiger partial charge >= 0.3 is 0 Å². The number of carbonyl (C=O) groups excluding carboxylic acids is 1. The summed E-state index contributed by atoms with van der Waals surface area (Å²) in [6.45, 7) is 2.19. The Balaban J connectivity index is 1.71. The van der Waals surface area contributed by atoms with Crippen LogP contribution in [-0.2, 0) is 4.74 Å². The highest BCUT2D eigenvalue weighted by Crippen LogP contribution is 2.14. The van der Waals surface area contributed by atoms with E-state index in [2.05, 4.69) is 10.3 Å². The number of ether oxygens (including phenoxy) is 1. The zero-order valence-electron chi connectivity index (χ0n) is 11.0. The number of amides is 1. The fourth-order valence-electron chi connectivity index (χ4n) is 2.46. The van der Waals surface area contributed by atoms with Crippen molar-refractivity contribution in [3.05, 3.63) is 35.2 Å². The maximum Gasteiger partial charge on any atom is 0.268 e. The van der Waals surface area contributed by atoms with Crippen molar-refractivity contribution >= 4 is 23.2 Å².